The van der Waals surface area contributed by atoms with Gasteiger partial charge in [0.1, 0.15) is 12.2 Å². The monoisotopic (exact) mass is 515 g/mol. The molecule has 1 unspecified atom stereocenters. The number of hydrogen-bond donors (Lipinski definition) is 5. The molecular weight excluding hydrogens is 482 g/mol. The number of aromatic hydroxyl groups is 1. The van der Waals surface area contributed by atoms with Crippen molar-refractivity contribution < 1.29 is 44.2 Å². The van der Waals surface area contributed by atoms with Crippen LogP contribution in [0.15, 0.2) is 36.4 Å². The van der Waals surface area contributed by atoms with Gasteiger partial charge in [-0.1, -0.05) is 37.3 Å². The SMILES string of the molecule is C[C@@H](O)[C@@H](C)C(=O)N[C@H]1C[C@@H](Oc2cc(CO)c3c(c2O)OC(c2ccccc2)CC3=O)O[C@H](C)[C@H]1O. The normalized spacial score (nSPS) is 27.0. The number of aliphatic hydroxyl groups excluding tert-OH is 3. The van der Waals surface area contributed by atoms with Crippen molar-refractivity contribution in [3.63, 3.8) is 0 Å². The molecule has 10 nitrogen and oxygen atoms in total. The fourth-order valence-corrected chi connectivity index (χ4v) is 4.56. The van der Waals surface area contributed by atoms with Gasteiger partial charge in [0.2, 0.25) is 17.9 Å². The third-order valence-corrected chi connectivity index (χ3v) is 6.98. The predicted molar refractivity (Wildman–Crippen MR) is 131 cm³/mol. The number of nitrogens with one attached hydrogen (secondary N) is 1. The van der Waals surface area contributed by atoms with E-state index in [9.17, 15) is 30.0 Å². The van der Waals surface area contributed by atoms with Crippen molar-refractivity contribution in [1.82, 2.24) is 5.32 Å². The van der Waals surface area contributed by atoms with E-state index in [2.05, 4.69) is 5.32 Å². The van der Waals surface area contributed by atoms with Crippen molar-refractivity contribution in [1.29, 1.82) is 0 Å². The molecule has 0 radical (unpaired) electrons. The molecule has 10 heteroatoms. The van der Waals surface area contributed by atoms with E-state index in [-0.39, 0.29) is 41.3 Å². The summed E-state index contributed by atoms with van der Waals surface area (Å²) in [5.41, 5.74) is 1.10. The summed E-state index contributed by atoms with van der Waals surface area (Å²) in [5, 5.41) is 44.0. The van der Waals surface area contributed by atoms with Crippen LogP contribution in [0.3, 0.4) is 0 Å². The van der Waals surface area contributed by atoms with E-state index in [1.165, 1.54) is 13.0 Å². The lowest BCUT2D eigenvalue weighted by Gasteiger charge is -2.38. The summed E-state index contributed by atoms with van der Waals surface area (Å²) < 4.78 is 17.7. The van der Waals surface area contributed by atoms with Crippen LogP contribution in [0.4, 0.5) is 0 Å². The van der Waals surface area contributed by atoms with E-state index >= 15 is 0 Å². The minimum absolute atomic E-state index is 0.0428. The van der Waals surface area contributed by atoms with Crippen molar-refractivity contribution in [2.75, 3.05) is 0 Å². The zero-order valence-electron chi connectivity index (χ0n) is 21.0. The number of aliphatic hydroxyl groups is 3. The van der Waals surface area contributed by atoms with Crippen molar-refractivity contribution in [2.24, 2.45) is 5.92 Å². The van der Waals surface area contributed by atoms with Gasteiger partial charge in [-0.05, 0) is 31.0 Å². The van der Waals surface area contributed by atoms with Crippen LogP contribution >= 0.6 is 0 Å². The number of ether oxygens (including phenoxy) is 3. The second kappa shape index (κ2) is 11.1. The summed E-state index contributed by atoms with van der Waals surface area (Å²) in [6.45, 7) is 4.22. The lowest BCUT2D eigenvalue weighted by molar-refractivity contribution is -0.192. The fraction of sp³-hybridized carbons (Fsp3) is 0.481. The molecule has 2 aromatic rings. The molecule has 37 heavy (non-hydrogen) atoms. The van der Waals surface area contributed by atoms with Crippen LogP contribution in [0.25, 0.3) is 0 Å². The molecule has 0 bridgehead atoms. The Hall–Kier alpha value is -3.18. The molecule has 200 valence electrons. The predicted octanol–water partition coefficient (Wildman–Crippen LogP) is 1.97. The minimum Gasteiger partial charge on any atom is -0.502 e. The first-order valence-electron chi connectivity index (χ1n) is 12.3. The van der Waals surface area contributed by atoms with Crippen molar-refractivity contribution >= 4 is 11.7 Å². The van der Waals surface area contributed by atoms with E-state index in [0.717, 1.165) is 5.56 Å². The van der Waals surface area contributed by atoms with Crippen LogP contribution in [0.1, 0.15) is 61.2 Å². The number of phenols is 1. The van der Waals surface area contributed by atoms with E-state index in [0.29, 0.717) is 0 Å². The summed E-state index contributed by atoms with van der Waals surface area (Å²) in [5.74, 6) is -1.95. The number of carbonyl (C=O) groups is 2. The molecule has 0 spiro atoms. The number of fused-ring (bicyclic) bond motifs is 1. The van der Waals surface area contributed by atoms with E-state index < -0.39 is 60.9 Å². The molecule has 7 atom stereocenters. The summed E-state index contributed by atoms with van der Waals surface area (Å²) in [4.78, 5) is 25.4. The number of benzene rings is 2. The van der Waals surface area contributed by atoms with Crippen LogP contribution in [0, 0.1) is 5.92 Å². The Balaban J connectivity index is 1.59. The molecule has 4 rings (SSSR count). The Morgan fingerprint density at radius 2 is 1.95 bits per heavy atom. The smallest absolute Gasteiger partial charge is 0.225 e. The molecule has 2 aromatic carbocycles. The molecule has 1 amide bonds. The lowest BCUT2D eigenvalue weighted by atomic mass is 9.92. The summed E-state index contributed by atoms with van der Waals surface area (Å²) in [7, 11) is 0. The van der Waals surface area contributed by atoms with Gasteiger partial charge in [0, 0.05) is 6.42 Å². The highest BCUT2D eigenvalue weighted by atomic mass is 16.7. The van der Waals surface area contributed by atoms with E-state index in [4.69, 9.17) is 14.2 Å². The molecule has 5 N–H and O–H groups in total. The van der Waals surface area contributed by atoms with Crippen LogP contribution < -0.4 is 14.8 Å². The van der Waals surface area contributed by atoms with E-state index in [1.54, 1.807) is 13.8 Å². The van der Waals surface area contributed by atoms with Gasteiger partial charge in [-0.3, -0.25) is 9.59 Å². The van der Waals surface area contributed by atoms with Gasteiger partial charge < -0.3 is 40.0 Å². The zero-order chi connectivity index (χ0) is 26.9. The quantitative estimate of drug-likeness (QED) is 0.372. The lowest BCUT2D eigenvalue weighted by Crippen LogP contribution is -2.57. The molecule has 2 aliphatic rings. The fourth-order valence-electron chi connectivity index (χ4n) is 4.56. The molecule has 0 saturated carbocycles. The highest BCUT2D eigenvalue weighted by Crippen LogP contribution is 2.48. The number of carbonyl (C=O) groups excluding carboxylic acids is 2. The maximum atomic E-state index is 13.0. The van der Waals surface area contributed by atoms with Gasteiger partial charge in [0.05, 0.1) is 42.8 Å². The van der Waals surface area contributed by atoms with Gasteiger partial charge in [0.15, 0.2) is 17.3 Å². The average Bonchev–Trinajstić information content (AvgIpc) is 2.88. The molecule has 1 fully saturated rings. The second-order valence-electron chi connectivity index (χ2n) is 9.65. The molecule has 2 heterocycles. The summed E-state index contributed by atoms with van der Waals surface area (Å²) in [6, 6.07) is 9.76. The number of amides is 1. The van der Waals surface area contributed by atoms with Gasteiger partial charge in [0.25, 0.3) is 0 Å². The van der Waals surface area contributed by atoms with Crippen molar-refractivity contribution in [2.45, 2.75) is 77.0 Å². The second-order valence-corrected chi connectivity index (χ2v) is 9.65. The third kappa shape index (κ3) is 5.57. The first-order chi connectivity index (χ1) is 17.6. The van der Waals surface area contributed by atoms with Crippen LogP contribution in [0.2, 0.25) is 0 Å². The Bertz CT molecular complexity index is 1140. The molecule has 1 saturated heterocycles. The number of Topliss-reactive ketones (excluding diaryl/α,β-unsaturated/α-hetero) is 1. The first kappa shape index (κ1) is 26.9. The van der Waals surface area contributed by atoms with Crippen LogP contribution in [0.5, 0.6) is 17.2 Å². The highest BCUT2D eigenvalue weighted by Gasteiger charge is 2.39. The third-order valence-electron chi connectivity index (χ3n) is 6.98. The highest BCUT2D eigenvalue weighted by molar-refractivity contribution is 6.02. The van der Waals surface area contributed by atoms with Gasteiger partial charge in [-0.15, -0.1) is 0 Å². The zero-order valence-corrected chi connectivity index (χ0v) is 21.0. The Labute approximate surface area is 214 Å². The van der Waals surface area contributed by atoms with Crippen LogP contribution in [-0.4, -0.2) is 62.8 Å². The Morgan fingerprint density at radius 3 is 2.59 bits per heavy atom. The summed E-state index contributed by atoms with van der Waals surface area (Å²) in [6.07, 6.45) is -4.12. The van der Waals surface area contributed by atoms with Gasteiger partial charge >= 0.3 is 0 Å². The molecule has 0 aromatic heterocycles. The minimum atomic E-state index is -1.03. The topological polar surface area (TPSA) is 155 Å². The Kier molecular flexibility index (Phi) is 8.03. The van der Waals surface area contributed by atoms with Crippen LogP contribution in [-0.2, 0) is 16.1 Å². The largest absolute Gasteiger partial charge is 0.502 e. The number of phenolic OH excluding ortho intramolecular Hbond substituents is 1. The molecule has 0 aliphatic carbocycles. The van der Waals surface area contributed by atoms with Gasteiger partial charge in [-0.25, -0.2) is 0 Å². The first-order valence-corrected chi connectivity index (χ1v) is 12.3. The maximum absolute atomic E-state index is 13.0. The molecular formula is C27H33NO9. The number of rotatable bonds is 7. The maximum Gasteiger partial charge on any atom is 0.225 e. The van der Waals surface area contributed by atoms with E-state index in [1.807, 2.05) is 30.3 Å². The summed E-state index contributed by atoms with van der Waals surface area (Å²) >= 11 is 0. The number of ketones is 1. The molecule has 2 aliphatic heterocycles. The standard InChI is InChI=1S/C27H33NO9/c1-13(14(2)30)27(34)28-18-10-22(35-15(3)24(18)32)36-21-9-17(12-29)23-19(31)11-20(37-26(23)25(21)33)16-7-5-4-6-8-16/h4-9,13-15,18,20,22,24,29-30,32-33H,10-12H2,1-3H3,(H,28,34)/t13-,14-,15-,18+,20?,22-,24-/m1/s1. The average molecular weight is 516 g/mol. The van der Waals surface area contributed by atoms with Gasteiger partial charge in [-0.2, -0.15) is 0 Å². The van der Waals surface area contributed by atoms with Crippen molar-refractivity contribution in [3.05, 3.63) is 53.1 Å². The Morgan fingerprint density at radius 1 is 1.24 bits per heavy atom. The number of hydrogen-bond acceptors (Lipinski definition) is 9. The van der Waals surface area contributed by atoms with Crippen molar-refractivity contribution in [3.8, 4) is 17.2 Å².